The van der Waals surface area contributed by atoms with Crippen molar-refractivity contribution in [1.29, 1.82) is 0 Å². The number of furan rings is 1. The van der Waals surface area contributed by atoms with Crippen LogP contribution in [-0.2, 0) is 9.59 Å². The summed E-state index contributed by atoms with van der Waals surface area (Å²) in [6, 6.07) is 3.77. The number of carbonyl (C=O) groups is 2. The summed E-state index contributed by atoms with van der Waals surface area (Å²) >= 11 is 0. The van der Waals surface area contributed by atoms with Crippen LogP contribution in [0.25, 0.3) is 6.08 Å². The first-order valence-electron chi connectivity index (χ1n) is 6.53. The van der Waals surface area contributed by atoms with E-state index in [-0.39, 0.29) is 24.4 Å². The largest absolute Gasteiger partial charge is 0.465 e. The van der Waals surface area contributed by atoms with Crippen LogP contribution in [0.1, 0.15) is 31.4 Å². The Morgan fingerprint density at radius 2 is 2.16 bits per heavy atom. The van der Waals surface area contributed by atoms with E-state index >= 15 is 0 Å². The molecule has 0 bridgehead atoms. The second-order valence-electron chi connectivity index (χ2n) is 4.62. The smallest absolute Gasteiger partial charge is 0.244 e. The molecule has 0 aromatic carbocycles. The van der Waals surface area contributed by atoms with E-state index in [9.17, 15) is 9.59 Å². The molecule has 0 saturated heterocycles. The van der Waals surface area contributed by atoms with E-state index in [1.54, 1.807) is 18.2 Å². The Hall–Kier alpha value is -2.04. The van der Waals surface area contributed by atoms with Gasteiger partial charge in [0.2, 0.25) is 11.8 Å². The minimum Gasteiger partial charge on any atom is -0.465 e. The van der Waals surface area contributed by atoms with E-state index < -0.39 is 0 Å². The minimum atomic E-state index is -0.307. The van der Waals surface area contributed by atoms with Crippen molar-refractivity contribution in [3.8, 4) is 0 Å². The van der Waals surface area contributed by atoms with Gasteiger partial charge in [-0.05, 0) is 31.1 Å². The number of carbonyl (C=O) groups excluding carboxylic acids is 2. The summed E-state index contributed by atoms with van der Waals surface area (Å²) in [7, 11) is 0. The summed E-state index contributed by atoms with van der Waals surface area (Å²) < 4.78 is 5.05. The van der Waals surface area contributed by atoms with Gasteiger partial charge >= 0.3 is 0 Å². The highest BCUT2D eigenvalue weighted by Gasteiger charge is 2.16. The van der Waals surface area contributed by atoms with Crippen LogP contribution in [0.5, 0.6) is 0 Å². The van der Waals surface area contributed by atoms with E-state index in [0.717, 1.165) is 12.8 Å². The Morgan fingerprint density at radius 1 is 1.37 bits per heavy atom. The van der Waals surface area contributed by atoms with E-state index in [0.29, 0.717) is 5.76 Å². The first-order valence-corrected chi connectivity index (χ1v) is 6.53. The van der Waals surface area contributed by atoms with E-state index in [4.69, 9.17) is 4.42 Å². The maximum absolute atomic E-state index is 11.6. The van der Waals surface area contributed by atoms with Gasteiger partial charge in [0.05, 0.1) is 12.8 Å². The van der Waals surface area contributed by atoms with Crippen molar-refractivity contribution >= 4 is 17.9 Å². The molecular formula is C14H18N2O3. The van der Waals surface area contributed by atoms with Gasteiger partial charge in [-0.2, -0.15) is 0 Å². The molecule has 5 nitrogen and oxygen atoms in total. The third kappa shape index (κ3) is 4.62. The molecule has 0 radical (unpaired) electrons. The van der Waals surface area contributed by atoms with Gasteiger partial charge in [0.1, 0.15) is 5.76 Å². The lowest BCUT2D eigenvalue weighted by atomic mass is 10.2. The second-order valence-corrected chi connectivity index (χ2v) is 4.62. The molecule has 0 aliphatic heterocycles. The van der Waals surface area contributed by atoms with Crippen molar-refractivity contribution in [3.05, 3.63) is 30.2 Å². The van der Waals surface area contributed by atoms with Crippen LogP contribution >= 0.6 is 0 Å². The molecule has 1 aromatic heterocycles. The fraction of sp³-hybridized carbons (Fsp3) is 0.429. The molecule has 0 atom stereocenters. The Kier molecular flexibility index (Phi) is 4.78. The average Bonchev–Trinajstić information content (AvgIpc) is 3.06. The number of hydrogen-bond acceptors (Lipinski definition) is 3. The summed E-state index contributed by atoms with van der Waals surface area (Å²) in [4.78, 5) is 23.0. The highest BCUT2D eigenvalue weighted by atomic mass is 16.3. The highest BCUT2D eigenvalue weighted by Crippen LogP contribution is 2.17. The van der Waals surface area contributed by atoms with E-state index in [2.05, 4.69) is 10.6 Å². The highest BCUT2D eigenvalue weighted by molar-refractivity contribution is 5.94. The van der Waals surface area contributed by atoms with Crippen molar-refractivity contribution in [2.24, 2.45) is 0 Å². The van der Waals surface area contributed by atoms with Crippen LogP contribution in [0.3, 0.4) is 0 Å². The molecule has 5 heteroatoms. The molecule has 19 heavy (non-hydrogen) atoms. The molecule has 1 heterocycles. The molecule has 1 saturated carbocycles. The number of nitrogens with one attached hydrogen (secondary N) is 2. The van der Waals surface area contributed by atoms with Gasteiger partial charge in [-0.3, -0.25) is 9.59 Å². The maximum atomic E-state index is 11.6. The molecule has 2 amide bonds. The maximum Gasteiger partial charge on any atom is 0.244 e. The number of amides is 2. The summed E-state index contributed by atoms with van der Waals surface area (Å²) in [5, 5.41) is 5.45. The van der Waals surface area contributed by atoms with Crippen molar-refractivity contribution in [2.75, 3.05) is 6.54 Å². The van der Waals surface area contributed by atoms with Crippen molar-refractivity contribution in [2.45, 2.75) is 31.7 Å². The van der Waals surface area contributed by atoms with Crippen LogP contribution in [-0.4, -0.2) is 24.4 Å². The van der Waals surface area contributed by atoms with Crippen LogP contribution in [0.2, 0.25) is 0 Å². The zero-order chi connectivity index (χ0) is 13.5. The van der Waals surface area contributed by atoms with Gasteiger partial charge < -0.3 is 15.1 Å². The zero-order valence-electron chi connectivity index (χ0n) is 10.7. The molecule has 2 rings (SSSR count). The fourth-order valence-corrected chi connectivity index (χ4v) is 2.12. The fourth-order valence-electron chi connectivity index (χ4n) is 2.12. The molecule has 0 spiro atoms. The topological polar surface area (TPSA) is 71.3 Å². The third-order valence-corrected chi connectivity index (χ3v) is 3.09. The van der Waals surface area contributed by atoms with Crippen LogP contribution in [0, 0.1) is 0 Å². The van der Waals surface area contributed by atoms with Crippen molar-refractivity contribution < 1.29 is 14.0 Å². The van der Waals surface area contributed by atoms with Crippen molar-refractivity contribution in [3.63, 3.8) is 0 Å². The molecule has 1 aliphatic rings. The second kappa shape index (κ2) is 6.78. The molecule has 0 unspecified atom stereocenters. The first-order chi connectivity index (χ1) is 9.24. The lowest BCUT2D eigenvalue weighted by Gasteiger charge is -2.11. The van der Waals surface area contributed by atoms with E-state index in [1.165, 1.54) is 25.2 Å². The molecule has 2 N–H and O–H groups in total. The predicted molar refractivity (Wildman–Crippen MR) is 71.2 cm³/mol. The number of rotatable bonds is 5. The van der Waals surface area contributed by atoms with Gasteiger partial charge in [-0.1, -0.05) is 12.8 Å². The van der Waals surface area contributed by atoms with Crippen LogP contribution in [0.15, 0.2) is 28.9 Å². The predicted octanol–water partition coefficient (Wildman–Crippen LogP) is 1.47. The molecular weight excluding hydrogens is 244 g/mol. The summed E-state index contributed by atoms with van der Waals surface area (Å²) in [5.41, 5.74) is 0. The minimum absolute atomic E-state index is 0.0117. The molecule has 1 aromatic rings. The Bertz CT molecular complexity index is 445. The van der Waals surface area contributed by atoms with Crippen LogP contribution < -0.4 is 10.6 Å². The third-order valence-electron chi connectivity index (χ3n) is 3.09. The Labute approximate surface area is 112 Å². The van der Waals surface area contributed by atoms with Gasteiger partial charge in [-0.15, -0.1) is 0 Å². The zero-order valence-corrected chi connectivity index (χ0v) is 10.7. The molecule has 102 valence electrons. The Morgan fingerprint density at radius 3 is 2.84 bits per heavy atom. The molecule has 1 fully saturated rings. The summed E-state index contributed by atoms with van der Waals surface area (Å²) in [6.07, 6.45) is 8.86. The first kappa shape index (κ1) is 13.4. The molecule has 1 aliphatic carbocycles. The van der Waals surface area contributed by atoms with E-state index in [1.807, 2.05) is 0 Å². The van der Waals surface area contributed by atoms with Gasteiger partial charge in [0.25, 0.3) is 0 Å². The monoisotopic (exact) mass is 262 g/mol. The number of hydrogen-bond donors (Lipinski definition) is 2. The Balaban J connectivity index is 1.66. The summed E-state index contributed by atoms with van der Waals surface area (Å²) in [6.45, 7) is 0.0117. The lowest BCUT2D eigenvalue weighted by Crippen LogP contribution is -2.40. The average molecular weight is 262 g/mol. The quantitative estimate of drug-likeness (QED) is 0.789. The van der Waals surface area contributed by atoms with Crippen LogP contribution in [0.4, 0.5) is 0 Å². The van der Waals surface area contributed by atoms with Gasteiger partial charge in [0.15, 0.2) is 0 Å². The standard InChI is InChI=1S/C14H18N2O3/c17-13(8-7-12-6-3-9-19-12)15-10-14(18)16-11-4-1-2-5-11/h3,6-9,11H,1-2,4-5,10H2,(H,15,17)(H,16,18)/b8-7+. The normalized spacial score (nSPS) is 15.8. The van der Waals surface area contributed by atoms with Crippen molar-refractivity contribution in [1.82, 2.24) is 10.6 Å². The summed E-state index contributed by atoms with van der Waals surface area (Å²) in [5.74, 6) is 0.162. The SMILES string of the molecule is O=C(/C=C/c1ccco1)NCC(=O)NC1CCCC1. The van der Waals surface area contributed by atoms with Gasteiger partial charge in [0, 0.05) is 12.1 Å². The lowest BCUT2D eigenvalue weighted by molar-refractivity contribution is -0.124. The van der Waals surface area contributed by atoms with Gasteiger partial charge in [-0.25, -0.2) is 0 Å².